The summed E-state index contributed by atoms with van der Waals surface area (Å²) in [6, 6.07) is 3.23. The van der Waals surface area contributed by atoms with Crippen LogP contribution in [-0.2, 0) is 25.6 Å². The molecule has 10 heteroatoms. The highest BCUT2D eigenvalue weighted by Gasteiger charge is 2.33. The average molecular weight is 476 g/mol. The highest BCUT2D eigenvalue weighted by atomic mass is 16.3. The molecule has 0 aliphatic carbocycles. The number of carbonyl (C=O) groups excluding carboxylic acids is 4. The van der Waals surface area contributed by atoms with Gasteiger partial charge in [0, 0.05) is 6.42 Å². The zero-order valence-electron chi connectivity index (χ0n) is 20.3. The number of phenols is 1. The Balaban J connectivity index is 2.18. The van der Waals surface area contributed by atoms with Crippen molar-refractivity contribution in [2.24, 2.45) is 17.6 Å². The van der Waals surface area contributed by atoms with Gasteiger partial charge in [0.2, 0.25) is 23.6 Å². The minimum Gasteiger partial charge on any atom is -0.508 e. The summed E-state index contributed by atoms with van der Waals surface area (Å²) in [5, 5.41) is 20.8. The Morgan fingerprint density at radius 1 is 0.971 bits per heavy atom. The van der Waals surface area contributed by atoms with E-state index in [1.807, 2.05) is 0 Å². The zero-order chi connectivity index (χ0) is 25.4. The Morgan fingerprint density at radius 2 is 1.56 bits per heavy atom. The summed E-state index contributed by atoms with van der Waals surface area (Å²) in [5.74, 6) is -2.39. The normalized spacial score (nSPS) is 18.2. The third-order valence-electron chi connectivity index (χ3n) is 5.90. The first kappa shape index (κ1) is 27.1. The van der Waals surface area contributed by atoms with E-state index in [-0.39, 0.29) is 36.0 Å². The van der Waals surface area contributed by atoms with Gasteiger partial charge in [0.25, 0.3) is 0 Å². The number of primary amides is 1. The number of carbonyl (C=O) groups is 4. The van der Waals surface area contributed by atoms with E-state index in [9.17, 15) is 24.3 Å². The van der Waals surface area contributed by atoms with Gasteiger partial charge in [0.1, 0.15) is 23.9 Å². The molecule has 188 valence electrons. The molecule has 0 radical (unpaired) electrons. The van der Waals surface area contributed by atoms with Gasteiger partial charge in [-0.25, -0.2) is 0 Å². The summed E-state index contributed by atoms with van der Waals surface area (Å²) < 4.78 is 0. The maximum atomic E-state index is 13.3. The highest BCUT2D eigenvalue weighted by Crippen LogP contribution is 2.13. The molecule has 1 aromatic rings. The van der Waals surface area contributed by atoms with E-state index in [1.165, 1.54) is 12.1 Å². The van der Waals surface area contributed by atoms with Gasteiger partial charge in [-0.2, -0.15) is 0 Å². The summed E-state index contributed by atoms with van der Waals surface area (Å²) in [6.45, 7) is 7.81. The molecule has 1 aliphatic rings. The van der Waals surface area contributed by atoms with Gasteiger partial charge in [0.05, 0.1) is 6.04 Å². The molecule has 1 heterocycles. The molecule has 0 aromatic heterocycles. The second-order valence-corrected chi connectivity index (χ2v) is 9.44. The number of amides is 4. The number of benzene rings is 1. The molecule has 1 fully saturated rings. The van der Waals surface area contributed by atoms with E-state index in [0.717, 1.165) is 18.5 Å². The summed E-state index contributed by atoms with van der Waals surface area (Å²) in [5.41, 5.74) is 6.14. The number of phenolic OH excluding ortho intramolecular Hbond substituents is 1. The lowest BCUT2D eigenvalue weighted by molar-refractivity contribution is -0.134. The number of hydrogen-bond donors (Lipinski definition) is 6. The van der Waals surface area contributed by atoms with Gasteiger partial charge in [-0.05, 0) is 48.9 Å². The molecule has 1 aromatic carbocycles. The van der Waals surface area contributed by atoms with E-state index in [2.05, 4.69) is 21.3 Å². The first-order valence-corrected chi connectivity index (χ1v) is 11.7. The minimum absolute atomic E-state index is 0.0923. The van der Waals surface area contributed by atoms with Crippen molar-refractivity contribution < 1.29 is 24.3 Å². The van der Waals surface area contributed by atoms with Crippen molar-refractivity contribution >= 4 is 23.6 Å². The SMILES string of the molecule is CC(C)[C@@H](NC(=O)[C@H](NC(=O)[C@@H](Cc1ccc(O)cc1)NC(=O)[C@H]1CCCN1)C(C)C)C(N)=O. The molecule has 10 nitrogen and oxygen atoms in total. The Hall–Kier alpha value is -3.14. The Bertz CT molecular complexity index is 865. The summed E-state index contributed by atoms with van der Waals surface area (Å²) >= 11 is 0. The molecule has 1 saturated heterocycles. The fourth-order valence-electron chi connectivity index (χ4n) is 3.86. The third kappa shape index (κ3) is 7.72. The van der Waals surface area contributed by atoms with Crippen molar-refractivity contribution in [3.8, 4) is 5.75 Å². The Kier molecular flexibility index (Phi) is 9.85. The van der Waals surface area contributed by atoms with E-state index in [1.54, 1.807) is 39.8 Å². The maximum absolute atomic E-state index is 13.3. The van der Waals surface area contributed by atoms with Gasteiger partial charge >= 0.3 is 0 Å². The molecule has 7 N–H and O–H groups in total. The predicted molar refractivity (Wildman–Crippen MR) is 127 cm³/mol. The minimum atomic E-state index is -0.939. The molecule has 34 heavy (non-hydrogen) atoms. The van der Waals surface area contributed by atoms with E-state index >= 15 is 0 Å². The van der Waals surface area contributed by atoms with Crippen LogP contribution >= 0.6 is 0 Å². The first-order valence-electron chi connectivity index (χ1n) is 11.7. The van der Waals surface area contributed by atoms with E-state index < -0.39 is 35.8 Å². The van der Waals surface area contributed by atoms with Crippen LogP contribution in [0, 0.1) is 11.8 Å². The van der Waals surface area contributed by atoms with Crippen LogP contribution in [0.3, 0.4) is 0 Å². The summed E-state index contributed by atoms with van der Waals surface area (Å²) in [7, 11) is 0. The van der Waals surface area contributed by atoms with Gasteiger partial charge in [-0.3, -0.25) is 19.2 Å². The molecular formula is C24H37N5O5. The van der Waals surface area contributed by atoms with E-state index in [4.69, 9.17) is 5.73 Å². The molecular weight excluding hydrogens is 438 g/mol. The molecule has 0 spiro atoms. The monoisotopic (exact) mass is 475 g/mol. The van der Waals surface area contributed by atoms with Crippen molar-refractivity contribution in [2.75, 3.05) is 6.54 Å². The summed E-state index contributed by atoms with van der Waals surface area (Å²) in [4.78, 5) is 50.7. The largest absolute Gasteiger partial charge is 0.508 e. The number of aromatic hydroxyl groups is 1. The Labute approximate surface area is 200 Å². The highest BCUT2D eigenvalue weighted by molar-refractivity contribution is 5.95. The van der Waals surface area contributed by atoms with Crippen LogP contribution in [0.25, 0.3) is 0 Å². The fraction of sp³-hybridized carbons (Fsp3) is 0.583. The molecule has 0 bridgehead atoms. The van der Waals surface area contributed by atoms with Crippen molar-refractivity contribution in [3.63, 3.8) is 0 Å². The van der Waals surface area contributed by atoms with Crippen molar-refractivity contribution in [1.29, 1.82) is 0 Å². The molecule has 0 unspecified atom stereocenters. The second-order valence-electron chi connectivity index (χ2n) is 9.44. The first-order chi connectivity index (χ1) is 16.0. The predicted octanol–water partition coefficient (Wildman–Crippen LogP) is -0.0616. The van der Waals surface area contributed by atoms with Crippen molar-refractivity contribution in [2.45, 2.75) is 71.1 Å². The number of nitrogens with two attached hydrogens (primary N) is 1. The zero-order valence-corrected chi connectivity index (χ0v) is 20.3. The van der Waals surface area contributed by atoms with Crippen LogP contribution in [-0.4, -0.2) is 59.4 Å². The van der Waals surface area contributed by atoms with Gasteiger partial charge in [-0.15, -0.1) is 0 Å². The molecule has 2 rings (SSSR count). The standard InChI is InChI=1S/C24H37N5O5/c1-13(2)19(21(25)31)28-24(34)20(14(3)4)29-23(33)18(12-15-7-9-16(30)10-8-15)27-22(32)17-6-5-11-26-17/h7-10,13-14,17-20,26,30H,5-6,11-12H2,1-4H3,(H2,25,31)(H,27,32)(H,28,34)(H,29,33)/t17-,18-,19-,20-/m1/s1. The number of rotatable bonds is 11. The van der Waals surface area contributed by atoms with E-state index in [0.29, 0.717) is 6.42 Å². The quantitative estimate of drug-likeness (QED) is 0.263. The van der Waals surface area contributed by atoms with Gasteiger partial charge in [0.15, 0.2) is 0 Å². The fourth-order valence-corrected chi connectivity index (χ4v) is 3.86. The van der Waals surface area contributed by atoms with Crippen molar-refractivity contribution in [1.82, 2.24) is 21.3 Å². The van der Waals surface area contributed by atoms with Crippen LogP contribution in [0.1, 0.15) is 46.1 Å². The molecule has 4 amide bonds. The lowest BCUT2D eigenvalue weighted by atomic mass is 9.98. The maximum Gasteiger partial charge on any atom is 0.243 e. The number of nitrogens with one attached hydrogen (secondary N) is 4. The van der Waals surface area contributed by atoms with Crippen LogP contribution < -0.4 is 27.0 Å². The smallest absolute Gasteiger partial charge is 0.243 e. The third-order valence-corrected chi connectivity index (χ3v) is 5.90. The lowest BCUT2D eigenvalue weighted by Crippen LogP contribution is -2.59. The number of hydrogen-bond acceptors (Lipinski definition) is 6. The molecule has 4 atom stereocenters. The molecule has 1 aliphatic heterocycles. The van der Waals surface area contributed by atoms with Gasteiger partial charge in [-0.1, -0.05) is 39.8 Å². The van der Waals surface area contributed by atoms with Crippen LogP contribution in [0.5, 0.6) is 5.75 Å². The average Bonchev–Trinajstić information content (AvgIpc) is 3.31. The topological polar surface area (TPSA) is 163 Å². The van der Waals surface area contributed by atoms with Crippen LogP contribution in [0.4, 0.5) is 0 Å². The molecule has 0 saturated carbocycles. The van der Waals surface area contributed by atoms with Crippen LogP contribution in [0.2, 0.25) is 0 Å². The Morgan fingerprint density at radius 3 is 2.06 bits per heavy atom. The second kappa shape index (κ2) is 12.4. The summed E-state index contributed by atoms with van der Waals surface area (Å²) in [6.07, 6.45) is 1.73. The lowest BCUT2D eigenvalue weighted by Gasteiger charge is -2.28. The van der Waals surface area contributed by atoms with Crippen molar-refractivity contribution in [3.05, 3.63) is 29.8 Å². The van der Waals surface area contributed by atoms with Crippen LogP contribution in [0.15, 0.2) is 24.3 Å². The van der Waals surface area contributed by atoms with Gasteiger partial charge < -0.3 is 32.1 Å².